The van der Waals surface area contributed by atoms with Gasteiger partial charge in [0.15, 0.2) is 0 Å². The van der Waals surface area contributed by atoms with Crippen LogP contribution in [0, 0.1) is 0 Å². The molecule has 0 aliphatic rings. The molecule has 1 unspecified atom stereocenters. The van der Waals surface area contributed by atoms with Crippen molar-refractivity contribution in [2.45, 2.75) is 25.1 Å². The summed E-state index contributed by atoms with van der Waals surface area (Å²) in [6, 6.07) is 0. The van der Waals surface area contributed by atoms with Gasteiger partial charge < -0.3 is 16.2 Å². The first-order chi connectivity index (χ1) is 6.72. The van der Waals surface area contributed by atoms with Crippen molar-refractivity contribution in [3.63, 3.8) is 0 Å². The fraction of sp³-hybridized carbons (Fsp3) is 0.714. The Kier molecular flexibility index (Phi) is 5.06. The molecule has 2 amide bonds. The lowest BCUT2D eigenvalue weighted by molar-refractivity contribution is -0.144. The van der Waals surface area contributed by atoms with Crippen LogP contribution in [-0.4, -0.2) is 35.7 Å². The summed E-state index contributed by atoms with van der Waals surface area (Å²) < 4.78 is 34.9. The summed E-state index contributed by atoms with van der Waals surface area (Å²) in [7, 11) is 0. The van der Waals surface area contributed by atoms with Crippen LogP contribution in [0.4, 0.5) is 13.2 Å². The van der Waals surface area contributed by atoms with Crippen LogP contribution in [0.25, 0.3) is 0 Å². The second-order valence-electron chi connectivity index (χ2n) is 2.84. The number of halogens is 3. The van der Waals surface area contributed by atoms with Crippen LogP contribution in [0.1, 0.15) is 12.8 Å². The smallest absolute Gasteiger partial charge is 0.381 e. The number of aliphatic hydroxyl groups excluding tert-OH is 1. The summed E-state index contributed by atoms with van der Waals surface area (Å²) in [5.41, 5.74) is 4.65. The van der Waals surface area contributed by atoms with Crippen molar-refractivity contribution >= 4 is 11.8 Å². The molecule has 0 saturated heterocycles. The number of rotatable bonds is 5. The molecule has 0 aliphatic carbocycles. The molecule has 0 fully saturated rings. The molecule has 4 N–H and O–H groups in total. The average molecular weight is 228 g/mol. The zero-order valence-corrected chi connectivity index (χ0v) is 7.67. The quantitative estimate of drug-likeness (QED) is 0.580. The zero-order valence-electron chi connectivity index (χ0n) is 7.67. The molecule has 0 spiro atoms. The Hall–Kier alpha value is -1.31. The van der Waals surface area contributed by atoms with Gasteiger partial charge in [-0.15, -0.1) is 0 Å². The molecule has 88 valence electrons. The van der Waals surface area contributed by atoms with Crippen molar-refractivity contribution in [3.05, 3.63) is 0 Å². The normalized spacial score (nSPS) is 13.3. The maximum Gasteiger partial charge on any atom is 0.389 e. The highest BCUT2D eigenvalue weighted by atomic mass is 19.4. The van der Waals surface area contributed by atoms with Crippen LogP contribution in [-0.2, 0) is 9.59 Å². The standard InChI is InChI=1S/C7H11F3N2O3/c8-7(9,10)2-1-5(14)12-3-4(13)6(11)15/h4,13H,1-3H2,(H2,11,15)(H,12,14). The summed E-state index contributed by atoms with van der Waals surface area (Å²) in [5.74, 6) is -1.95. The number of aliphatic hydroxyl groups is 1. The van der Waals surface area contributed by atoms with Crippen LogP contribution in [0.3, 0.4) is 0 Å². The van der Waals surface area contributed by atoms with Crippen LogP contribution >= 0.6 is 0 Å². The summed E-state index contributed by atoms with van der Waals surface area (Å²) in [6.45, 7) is -0.480. The van der Waals surface area contributed by atoms with Crippen LogP contribution < -0.4 is 11.1 Å². The molecule has 0 rings (SSSR count). The molecule has 0 saturated carbocycles. The minimum Gasteiger partial charge on any atom is -0.381 e. The van der Waals surface area contributed by atoms with E-state index in [0.717, 1.165) is 0 Å². The van der Waals surface area contributed by atoms with Crippen LogP contribution in [0.5, 0.6) is 0 Å². The molecule has 15 heavy (non-hydrogen) atoms. The van der Waals surface area contributed by atoms with E-state index in [2.05, 4.69) is 5.73 Å². The number of carbonyl (C=O) groups is 2. The topological polar surface area (TPSA) is 92.4 Å². The second kappa shape index (κ2) is 5.54. The highest BCUT2D eigenvalue weighted by molar-refractivity contribution is 5.80. The molecule has 0 aromatic carbocycles. The minimum atomic E-state index is -4.40. The van der Waals surface area contributed by atoms with Crippen molar-refractivity contribution in [2.75, 3.05) is 6.54 Å². The average Bonchev–Trinajstić information content (AvgIpc) is 2.09. The van der Waals surface area contributed by atoms with Gasteiger partial charge >= 0.3 is 6.18 Å². The number of primary amides is 1. The Morgan fingerprint density at radius 2 is 1.93 bits per heavy atom. The van der Waals surface area contributed by atoms with E-state index in [1.807, 2.05) is 5.32 Å². The van der Waals surface area contributed by atoms with Gasteiger partial charge in [-0.1, -0.05) is 0 Å². The molecule has 0 aromatic heterocycles. The van der Waals surface area contributed by atoms with Gasteiger partial charge in [-0.05, 0) is 0 Å². The van der Waals surface area contributed by atoms with Crippen molar-refractivity contribution < 1.29 is 27.9 Å². The molecule has 0 radical (unpaired) electrons. The van der Waals surface area contributed by atoms with E-state index in [1.54, 1.807) is 0 Å². The molecular formula is C7H11F3N2O3. The lowest BCUT2D eigenvalue weighted by Gasteiger charge is -2.09. The van der Waals surface area contributed by atoms with E-state index in [0.29, 0.717) is 0 Å². The van der Waals surface area contributed by atoms with Gasteiger partial charge in [0.2, 0.25) is 11.8 Å². The molecule has 0 heterocycles. The lowest BCUT2D eigenvalue weighted by atomic mass is 10.2. The highest BCUT2D eigenvalue weighted by Gasteiger charge is 2.27. The Bertz CT molecular complexity index is 242. The number of nitrogens with two attached hydrogens (primary N) is 1. The summed E-state index contributed by atoms with van der Waals surface area (Å²) in [5, 5.41) is 10.7. The Labute approximate surface area is 83.4 Å². The van der Waals surface area contributed by atoms with Crippen molar-refractivity contribution in [1.29, 1.82) is 0 Å². The number of alkyl halides is 3. The maximum absolute atomic E-state index is 11.6. The summed E-state index contributed by atoms with van der Waals surface area (Å²) >= 11 is 0. The molecule has 8 heteroatoms. The van der Waals surface area contributed by atoms with E-state index in [1.165, 1.54) is 0 Å². The first-order valence-corrected chi connectivity index (χ1v) is 4.03. The lowest BCUT2D eigenvalue weighted by Crippen LogP contribution is -2.40. The number of carbonyl (C=O) groups excluding carboxylic acids is 2. The Morgan fingerprint density at radius 1 is 1.40 bits per heavy atom. The molecule has 0 aliphatic heterocycles. The SMILES string of the molecule is NC(=O)C(O)CNC(=O)CCC(F)(F)F. The largest absolute Gasteiger partial charge is 0.389 e. The maximum atomic E-state index is 11.6. The van der Waals surface area contributed by atoms with Gasteiger partial charge in [0.05, 0.1) is 13.0 Å². The third kappa shape index (κ3) is 7.74. The molecular weight excluding hydrogens is 217 g/mol. The predicted octanol–water partition coefficient (Wildman–Crippen LogP) is -0.709. The van der Waals surface area contributed by atoms with Crippen LogP contribution in [0.2, 0.25) is 0 Å². The summed E-state index contributed by atoms with van der Waals surface area (Å²) in [6.07, 6.45) is -7.97. The fourth-order valence-electron chi connectivity index (χ4n) is 0.655. The second-order valence-corrected chi connectivity index (χ2v) is 2.84. The highest BCUT2D eigenvalue weighted by Crippen LogP contribution is 2.20. The van der Waals surface area contributed by atoms with Crippen molar-refractivity contribution in [3.8, 4) is 0 Å². The van der Waals surface area contributed by atoms with E-state index in [-0.39, 0.29) is 0 Å². The van der Waals surface area contributed by atoms with Gasteiger partial charge in [-0.2, -0.15) is 13.2 Å². The van der Waals surface area contributed by atoms with Gasteiger partial charge in [0.25, 0.3) is 0 Å². The monoisotopic (exact) mass is 228 g/mol. The Balaban J connectivity index is 3.72. The number of hydrogen-bond acceptors (Lipinski definition) is 3. The van der Waals surface area contributed by atoms with Crippen molar-refractivity contribution in [1.82, 2.24) is 5.32 Å². The first-order valence-electron chi connectivity index (χ1n) is 4.03. The third-order valence-electron chi connectivity index (χ3n) is 1.46. The van der Waals surface area contributed by atoms with Crippen LogP contribution in [0.15, 0.2) is 0 Å². The van der Waals surface area contributed by atoms with Gasteiger partial charge in [-0.25, -0.2) is 0 Å². The number of hydrogen-bond donors (Lipinski definition) is 3. The molecule has 0 aromatic rings. The predicted molar refractivity (Wildman–Crippen MR) is 43.5 cm³/mol. The van der Waals surface area contributed by atoms with Gasteiger partial charge in [0.1, 0.15) is 6.10 Å². The van der Waals surface area contributed by atoms with Gasteiger partial charge in [0, 0.05) is 6.42 Å². The van der Waals surface area contributed by atoms with E-state index < -0.39 is 43.5 Å². The van der Waals surface area contributed by atoms with Gasteiger partial charge in [-0.3, -0.25) is 9.59 Å². The molecule has 1 atom stereocenters. The fourth-order valence-corrected chi connectivity index (χ4v) is 0.655. The molecule has 0 bridgehead atoms. The van der Waals surface area contributed by atoms with E-state index in [9.17, 15) is 22.8 Å². The number of amides is 2. The number of nitrogens with one attached hydrogen (secondary N) is 1. The zero-order chi connectivity index (χ0) is 12.1. The van der Waals surface area contributed by atoms with E-state index >= 15 is 0 Å². The Morgan fingerprint density at radius 3 is 2.33 bits per heavy atom. The minimum absolute atomic E-state index is 0.480. The van der Waals surface area contributed by atoms with E-state index in [4.69, 9.17) is 5.11 Å². The van der Waals surface area contributed by atoms with Crippen molar-refractivity contribution in [2.24, 2.45) is 5.73 Å². The third-order valence-corrected chi connectivity index (χ3v) is 1.46. The first kappa shape index (κ1) is 13.7. The molecule has 5 nitrogen and oxygen atoms in total. The summed E-state index contributed by atoms with van der Waals surface area (Å²) in [4.78, 5) is 21.0.